The number of hydrogen-bond donors (Lipinski definition) is 2. The van der Waals surface area contributed by atoms with Crippen molar-refractivity contribution in [2.45, 2.75) is 105 Å². The highest BCUT2D eigenvalue weighted by Gasteiger charge is 2.66. The molecule has 1 aromatic carbocycles. The quantitative estimate of drug-likeness (QED) is 0.476. The third-order valence-corrected chi connectivity index (χ3v) is 9.52. The number of Topliss-reactive ketones (excluding diaryl/α,β-unsaturated/α-hetero) is 2. The van der Waals surface area contributed by atoms with Gasteiger partial charge in [-0.3, -0.25) is 19.2 Å². The van der Waals surface area contributed by atoms with Crippen molar-refractivity contribution in [3.8, 4) is 0 Å². The summed E-state index contributed by atoms with van der Waals surface area (Å²) in [6.45, 7) is 11.2. The molecule has 1 aliphatic carbocycles. The van der Waals surface area contributed by atoms with Crippen molar-refractivity contribution in [3.05, 3.63) is 29.5 Å². The molecule has 4 atom stereocenters. The van der Waals surface area contributed by atoms with E-state index in [4.69, 9.17) is 0 Å². The van der Waals surface area contributed by atoms with Crippen molar-refractivity contribution in [2.24, 2.45) is 17.3 Å². The Labute approximate surface area is 243 Å². The average Bonchev–Trinajstić information content (AvgIpc) is 3.35. The summed E-state index contributed by atoms with van der Waals surface area (Å²) < 4.78 is 1.95. The SMILES string of the molecule is CCC(=O)[C@@H]1C[C@]23CNC(=O)[C@@H](C)CCCCCc4cc(NCC(C)C)cc5c(C(C)=O)cn(c45)CC(=O)N1[C@@H]2C3. The number of nitrogens with zero attached hydrogens (tertiary/aromatic N) is 2. The highest BCUT2D eigenvalue weighted by atomic mass is 16.2. The summed E-state index contributed by atoms with van der Waals surface area (Å²) in [5, 5.41) is 7.57. The number of benzene rings is 1. The number of carbonyl (C=O) groups excluding carboxylic acids is 4. The van der Waals surface area contributed by atoms with Gasteiger partial charge in [0.1, 0.15) is 6.54 Å². The number of rotatable bonds is 6. The smallest absolute Gasteiger partial charge is 0.243 e. The zero-order valence-electron chi connectivity index (χ0n) is 25.3. The molecule has 0 unspecified atom stereocenters. The maximum Gasteiger partial charge on any atom is 0.243 e. The van der Waals surface area contributed by atoms with E-state index in [1.165, 1.54) is 0 Å². The van der Waals surface area contributed by atoms with Crippen LogP contribution in [-0.2, 0) is 27.3 Å². The zero-order valence-corrected chi connectivity index (χ0v) is 25.3. The normalized spacial score (nSPS) is 27.0. The van der Waals surface area contributed by atoms with Crippen molar-refractivity contribution in [3.63, 3.8) is 0 Å². The molecular formula is C33H46N4O4. The van der Waals surface area contributed by atoms with Crippen LogP contribution in [0, 0.1) is 17.3 Å². The van der Waals surface area contributed by atoms with Gasteiger partial charge >= 0.3 is 0 Å². The number of hydrogen-bond acceptors (Lipinski definition) is 5. The van der Waals surface area contributed by atoms with Crippen LogP contribution < -0.4 is 10.6 Å². The summed E-state index contributed by atoms with van der Waals surface area (Å²) in [5.41, 5.74) is 3.44. The van der Waals surface area contributed by atoms with Crippen LogP contribution in [-0.4, -0.2) is 58.0 Å². The second-order valence-electron chi connectivity index (χ2n) is 13.2. The minimum atomic E-state index is -0.458. The van der Waals surface area contributed by atoms with Gasteiger partial charge in [0.15, 0.2) is 11.6 Å². The fourth-order valence-corrected chi connectivity index (χ4v) is 7.04. The molecule has 1 aromatic heterocycles. The monoisotopic (exact) mass is 562 g/mol. The molecular weight excluding hydrogens is 516 g/mol. The Kier molecular flexibility index (Phi) is 8.31. The lowest BCUT2D eigenvalue weighted by Gasteiger charge is -2.27. The van der Waals surface area contributed by atoms with Crippen LogP contribution in [0.3, 0.4) is 0 Å². The average molecular weight is 563 g/mol. The molecule has 0 spiro atoms. The third-order valence-electron chi connectivity index (χ3n) is 9.52. The maximum absolute atomic E-state index is 14.0. The summed E-state index contributed by atoms with van der Waals surface area (Å²) in [4.78, 5) is 54.6. The zero-order chi connectivity index (χ0) is 29.5. The molecule has 2 amide bonds. The van der Waals surface area contributed by atoms with Crippen molar-refractivity contribution >= 4 is 40.0 Å². The van der Waals surface area contributed by atoms with Crippen LogP contribution in [0.15, 0.2) is 18.3 Å². The van der Waals surface area contributed by atoms with E-state index >= 15 is 0 Å². The molecule has 1 saturated heterocycles. The van der Waals surface area contributed by atoms with E-state index in [9.17, 15) is 19.2 Å². The summed E-state index contributed by atoms with van der Waals surface area (Å²) in [7, 11) is 0. The number of carbonyl (C=O) groups is 4. The highest BCUT2D eigenvalue weighted by molar-refractivity contribution is 6.09. The Morgan fingerprint density at radius 3 is 2.63 bits per heavy atom. The van der Waals surface area contributed by atoms with Crippen molar-refractivity contribution in [2.75, 3.05) is 18.4 Å². The Hall–Kier alpha value is -3.16. The lowest BCUT2D eigenvalue weighted by atomic mass is 9.95. The second-order valence-corrected chi connectivity index (χ2v) is 13.2. The molecule has 8 heteroatoms. The molecule has 3 heterocycles. The predicted octanol–water partition coefficient (Wildman–Crippen LogP) is 5.12. The first kappa shape index (κ1) is 29.3. The third kappa shape index (κ3) is 5.80. The van der Waals surface area contributed by atoms with Gasteiger partial charge in [-0.05, 0) is 62.6 Å². The van der Waals surface area contributed by atoms with Gasteiger partial charge in [0.05, 0.1) is 11.6 Å². The summed E-state index contributed by atoms with van der Waals surface area (Å²) in [5.74, 6) is 0.418. The molecule has 0 radical (unpaired) electrons. The van der Waals surface area contributed by atoms with E-state index in [2.05, 4.69) is 30.5 Å². The Balaban J connectivity index is 1.56. The fraction of sp³-hybridized carbons (Fsp3) is 0.636. The topological polar surface area (TPSA) is 101 Å². The number of piperidine rings is 1. The largest absolute Gasteiger partial charge is 0.385 e. The van der Waals surface area contributed by atoms with Gasteiger partial charge < -0.3 is 20.1 Å². The lowest BCUT2D eigenvalue weighted by Crippen LogP contribution is -2.44. The molecule has 222 valence electrons. The number of ketones is 2. The first-order chi connectivity index (χ1) is 19.5. The number of aromatic nitrogens is 1. The summed E-state index contributed by atoms with van der Waals surface area (Å²) in [6, 6.07) is 3.72. The number of aryl methyl sites for hydroxylation is 1. The Morgan fingerprint density at radius 1 is 1.15 bits per heavy atom. The molecule has 2 N–H and O–H groups in total. The molecule has 3 aliphatic rings. The minimum absolute atomic E-state index is 0.0264. The number of anilines is 1. The van der Waals surface area contributed by atoms with Gasteiger partial charge in [-0.15, -0.1) is 0 Å². The van der Waals surface area contributed by atoms with Crippen molar-refractivity contribution < 1.29 is 19.2 Å². The van der Waals surface area contributed by atoms with E-state index < -0.39 is 6.04 Å². The molecule has 2 bridgehead atoms. The Bertz CT molecular complexity index is 1360. The molecule has 41 heavy (non-hydrogen) atoms. The first-order valence-corrected chi connectivity index (χ1v) is 15.6. The Morgan fingerprint density at radius 2 is 1.93 bits per heavy atom. The molecule has 1 saturated carbocycles. The molecule has 8 nitrogen and oxygen atoms in total. The minimum Gasteiger partial charge on any atom is -0.385 e. The highest BCUT2D eigenvalue weighted by Crippen LogP contribution is 2.59. The first-order valence-electron chi connectivity index (χ1n) is 15.6. The number of nitrogens with one attached hydrogen (secondary N) is 2. The van der Waals surface area contributed by atoms with Crippen molar-refractivity contribution in [1.82, 2.24) is 14.8 Å². The maximum atomic E-state index is 14.0. The molecule has 2 aromatic rings. The van der Waals surface area contributed by atoms with Gasteiger partial charge in [-0.1, -0.05) is 40.5 Å². The molecule has 5 rings (SSSR count). The van der Waals surface area contributed by atoms with E-state index in [1.807, 2.05) is 35.6 Å². The van der Waals surface area contributed by atoms with Gasteiger partial charge in [0.25, 0.3) is 0 Å². The van der Waals surface area contributed by atoms with E-state index in [1.54, 1.807) is 6.92 Å². The van der Waals surface area contributed by atoms with Crippen LogP contribution in [0.2, 0.25) is 0 Å². The van der Waals surface area contributed by atoms with E-state index in [-0.39, 0.29) is 47.3 Å². The van der Waals surface area contributed by atoms with Crippen LogP contribution in [0.5, 0.6) is 0 Å². The summed E-state index contributed by atoms with van der Waals surface area (Å²) in [6.07, 6.45) is 8.19. The van der Waals surface area contributed by atoms with Crippen LogP contribution in [0.4, 0.5) is 5.69 Å². The fourth-order valence-electron chi connectivity index (χ4n) is 7.04. The van der Waals surface area contributed by atoms with Crippen LogP contribution in [0.1, 0.15) is 95.5 Å². The van der Waals surface area contributed by atoms with Gasteiger partial charge in [0.2, 0.25) is 11.8 Å². The van der Waals surface area contributed by atoms with Gasteiger partial charge in [0, 0.05) is 59.7 Å². The van der Waals surface area contributed by atoms with E-state index in [0.29, 0.717) is 30.9 Å². The molecule has 2 fully saturated rings. The van der Waals surface area contributed by atoms with Crippen molar-refractivity contribution in [1.29, 1.82) is 0 Å². The van der Waals surface area contributed by atoms with Gasteiger partial charge in [-0.2, -0.15) is 0 Å². The lowest BCUT2D eigenvalue weighted by molar-refractivity contribution is -0.139. The number of amides is 2. The van der Waals surface area contributed by atoms with Crippen LogP contribution >= 0.6 is 0 Å². The van der Waals surface area contributed by atoms with Gasteiger partial charge in [-0.25, -0.2) is 0 Å². The van der Waals surface area contributed by atoms with Crippen LogP contribution in [0.25, 0.3) is 10.9 Å². The standard InChI is InChI=1S/C33H46N4O4/c1-6-28(39)27-14-33-15-29(33)37(27)30(40)18-36-17-26(22(5)38)25-13-24(34-16-20(2)3)12-23(31(25)36)11-9-7-8-10-21(4)32(41)35-19-33/h12-13,17,20-21,27,29,34H,6-11,14-16,18-19H2,1-5H3,(H,35,41)/t21-,27-,29+,33-/m0/s1. The predicted molar refractivity (Wildman–Crippen MR) is 161 cm³/mol. The van der Waals surface area contributed by atoms with E-state index in [0.717, 1.165) is 67.2 Å². The second kappa shape index (κ2) is 11.6. The summed E-state index contributed by atoms with van der Waals surface area (Å²) >= 11 is 0. The molecule has 2 aliphatic heterocycles.